The third-order valence-corrected chi connectivity index (χ3v) is 9.23. The van der Waals surface area contributed by atoms with Gasteiger partial charge in [0.2, 0.25) is 0 Å². The summed E-state index contributed by atoms with van der Waals surface area (Å²) in [6.45, 7) is 0. The lowest BCUT2D eigenvalue weighted by molar-refractivity contribution is 0.0665. The van der Waals surface area contributed by atoms with Crippen molar-refractivity contribution in [2.45, 2.75) is 18.0 Å². The minimum atomic E-state index is -1.64. The van der Waals surface area contributed by atoms with Gasteiger partial charge >= 0.3 is 0 Å². The summed E-state index contributed by atoms with van der Waals surface area (Å²) in [5, 5.41) is 0.300. The molecule has 4 aromatic carbocycles. The highest BCUT2D eigenvalue weighted by Gasteiger charge is 2.72. The molecule has 0 amide bonds. The van der Waals surface area contributed by atoms with Gasteiger partial charge in [-0.2, -0.15) is 0 Å². The number of hydrogen-bond acceptors (Lipinski definition) is 6. The van der Waals surface area contributed by atoms with Gasteiger partial charge in [-0.25, -0.2) is 0 Å². The van der Waals surface area contributed by atoms with Crippen molar-refractivity contribution in [2.75, 3.05) is 19.1 Å². The Morgan fingerprint density at radius 1 is 0.833 bits per heavy atom. The van der Waals surface area contributed by atoms with Crippen LogP contribution in [0.1, 0.15) is 48.1 Å². The molecule has 0 aromatic heterocycles. The molecule has 2 heterocycles. The van der Waals surface area contributed by atoms with Crippen molar-refractivity contribution in [2.24, 2.45) is 5.41 Å². The number of benzene rings is 4. The lowest BCUT2D eigenvalue weighted by Gasteiger charge is -2.37. The molecule has 3 aliphatic rings. The first-order valence-corrected chi connectivity index (χ1v) is 14.1. The van der Waals surface area contributed by atoms with E-state index < -0.39 is 23.4 Å². The smallest absolute Gasteiger partial charge is 0.187 e. The van der Waals surface area contributed by atoms with Crippen LogP contribution in [-0.2, 0) is 0 Å². The summed E-state index contributed by atoms with van der Waals surface area (Å²) in [4.78, 5) is 46.4. The number of carbonyl (C=O) groups excluding carboxylic acids is 3. The Kier molecular flexibility index (Phi) is 6.06. The third-order valence-electron chi connectivity index (χ3n) is 8.90. The second-order valence-corrected chi connectivity index (χ2v) is 11.1. The lowest BCUT2D eigenvalue weighted by Crippen LogP contribution is -2.48. The number of rotatable bonds is 5. The van der Waals surface area contributed by atoms with E-state index in [1.165, 1.54) is 7.11 Å². The molecule has 0 saturated carbocycles. The van der Waals surface area contributed by atoms with Gasteiger partial charge in [-0.05, 0) is 29.8 Å². The number of fused-ring (bicyclic) bond motifs is 5. The highest BCUT2D eigenvalue weighted by Crippen LogP contribution is 2.62. The summed E-state index contributed by atoms with van der Waals surface area (Å²) < 4.78 is 11.3. The van der Waals surface area contributed by atoms with Gasteiger partial charge < -0.3 is 14.4 Å². The fourth-order valence-electron chi connectivity index (χ4n) is 7.16. The second kappa shape index (κ2) is 9.71. The second-order valence-electron chi connectivity index (χ2n) is 10.7. The Balaban J connectivity index is 1.58. The van der Waals surface area contributed by atoms with E-state index in [0.29, 0.717) is 38.8 Å². The van der Waals surface area contributed by atoms with Crippen molar-refractivity contribution in [1.82, 2.24) is 0 Å². The first-order chi connectivity index (χ1) is 20.4. The van der Waals surface area contributed by atoms with Crippen molar-refractivity contribution < 1.29 is 23.9 Å². The van der Waals surface area contributed by atoms with Crippen LogP contribution >= 0.6 is 11.6 Å². The Bertz CT molecular complexity index is 1790. The number of Topliss-reactive ketones (excluding diaryl/α,β-unsaturated/α-hetero) is 3. The van der Waals surface area contributed by atoms with E-state index in [1.807, 2.05) is 41.3 Å². The Morgan fingerprint density at radius 2 is 1.50 bits per heavy atom. The largest absolute Gasteiger partial charge is 0.497 e. The first kappa shape index (κ1) is 26.2. The molecule has 0 N–H and O–H groups in total. The van der Waals surface area contributed by atoms with Crippen LogP contribution in [0, 0.1) is 5.41 Å². The van der Waals surface area contributed by atoms with Crippen LogP contribution in [0.15, 0.2) is 97.1 Å². The molecule has 2 aliphatic heterocycles. The third kappa shape index (κ3) is 3.42. The number of methoxy groups -OCH3 is 2. The molecule has 6 nitrogen and oxygen atoms in total. The van der Waals surface area contributed by atoms with Crippen molar-refractivity contribution in [3.8, 4) is 11.5 Å². The zero-order valence-electron chi connectivity index (χ0n) is 22.9. The molecule has 4 aromatic rings. The minimum Gasteiger partial charge on any atom is -0.497 e. The van der Waals surface area contributed by atoms with Gasteiger partial charge in [0.15, 0.2) is 17.3 Å². The molecule has 0 bridgehead atoms. The maximum absolute atomic E-state index is 14.8. The number of hydrogen-bond donors (Lipinski definition) is 0. The average Bonchev–Trinajstić information content (AvgIpc) is 3.46. The Morgan fingerprint density at radius 3 is 2.19 bits per heavy atom. The number of nitrogens with zero attached hydrogens (tertiary/aromatic N) is 1. The van der Waals surface area contributed by atoms with Crippen molar-refractivity contribution >= 4 is 40.7 Å². The van der Waals surface area contributed by atoms with E-state index in [2.05, 4.69) is 0 Å². The quantitative estimate of drug-likeness (QED) is 0.195. The number of ether oxygens (including phenoxy) is 2. The molecule has 7 heteroatoms. The molecule has 1 aliphatic carbocycles. The molecular formula is C35H26ClNO5. The van der Waals surface area contributed by atoms with Crippen LogP contribution < -0.4 is 14.4 Å². The molecule has 7 rings (SSSR count). The molecule has 0 unspecified atom stereocenters. The molecule has 42 heavy (non-hydrogen) atoms. The molecule has 1 spiro atoms. The highest BCUT2D eigenvalue weighted by molar-refractivity contribution is 6.35. The maximum Gasteiger partial charge on any atom is 0.187 e. The summed E-state index contributed by atoms with van der Waals surface area (Å²) >= 11 is 6.62. The summed E-state index contributed by atoms with van der Waals surface area (Å²) in [6.07, 6.45) is 3.83. The van der Waals surface area contributed by atoms with Gasteiger partial charge in [0.05, 0.1) is 25.3 Å². The first-order valence-electron chi connectivity index (χ1n) is 13.7. The predicted octanol–water partition coefficient (Wildman–Crippen LogP) is 6.67. The normalized spacial score (nSPS) is 21.2. The van der Waals surface area contributed by atoms with Crippen molar-refractivity contribution in [1.29, 1.82) is 0 Å². The van der Waals surface area contributed by atoms with E-state index in [1.54, 1.807) is 73.8 Å². The fourth-order valence-corrected chi connectivity index (χ4v) is 7.39. The molecule has 1 fully saturated rings. The van der Waals surface area contributed by atoms with Crippen LogP contribution in [0.4, 0.5) is 5.69 Å². The molecule has 0 radical (unpaired) electrons. The maximum atomic E-state index is 14.8. The van der Waals surface area contributed by atoms with Gasteiger partial charge in [-0.15, -0.1) is 0 Å². The Labute approximate surface area is 248 Å². The van der Waals surface area contributed by atoms with Crippen LogP contribution in [0.5, 0.6) is 11.5 Å². The van der Waals surface area contributed by atoms with E-state index in [4.69, 9.17) is 21.1 Å². The zero-order valence-corrected chi connectivity index (χ0v) is 23.7. The fraction of sp³-hybridized carbons (Fsp3) is 0.171. The molecule has 208 valence electrons. The summed E-state index contributed by atoms with van der Waals surface area (Å²) in [7, 11) is 3.08. The SMILES string of the molecule is COc1ccc([C@H]2[C@H](C(=O)c3ccccc3Cl)N3c4ccccc4C=C[C@@H]3C23C(=O)c2ccccc2C3=O)c(OC)c1. The topological polar surface area (TPSA) is 72.9 Å². The van der Waals surface area contributed by atoms with Gasteiger partial charge in [0.1, 0.15) is 23.0 Å². The van der Waals surface area contributed by atoms with Crippen LogP contribution in [-0.4, -0.2) is 43.7 Å². The summed E-state index contributed by atoms with van der Waals surface area (Å²) in [6, 6.07) is 25.1. The monoisotopic (exact) mass is 575 g/mol. The average molecular weight is 576 g/mol. The number of halogens is 1. The molecular weight excluding hydrogens is 550 g/mol. The zero-order chi connectivity index (χ0) is 29.2. The lowest BCUT2D eigenvalue weighted by atomic mass is 9.64. The van der Waals surface area contributed by atoms with Crippen LogP contribution in [0.3, 0.4) is 0 Å². The summed E-state index contributed by atoms with van der Waals surface area (Å²) in [5.74, 6) is -0.849. The van der Waals surface area contributed by atoms with Gasteiger partial charge in [0, 0.05) is 39.9 Å². The van der Waals surface area contributed by atoms with Crippen molar-refractivity contribution in [3.63, 3.8) is 0 Å². The Hall–Kier alpha value is -4.68. The molecule has 1 saturated heterocycles. The van der Waals surface area contributed by atoms with E-state index in [-0.39, 0.29) is 17.3 Å². The van der Waals surface area contributed by atoms with Crippen molar-refractivity contribution in [3.05, 3.63) is 130 Å². The van der Waals surface area contributed by atoms with E-state index in [9.17, 15) is 14.4 Å². The standard InChI is InChI=1S/C35H26ClNO5/c1-41-21-16-17-25(28(19-21)42-2)30-31(32(38)24-12-6-7-13-26(24)36)37-27-14-8-3-9-20(27)15-18-29(37)35(30)33(39)22-10-4-5-11-23(22)34(35)40/h3-19,29-31H,1-2H3/t29-,30+,31-/m1/s1. The number of anilines is 1. The van der Waals surface area contributed by atoms with E-state index >= 15 is 0 Å². The number of para-hydroxylation sites is 1. The highest BCUT2D eigenvalue weighted by atomic mass is 35.5. The van der Waals surface area contributed by atoms with E-state index in [0.717, 1.165) is 11.3 Å². The van der Waals surface area contributed by atoms with Crippen LogP contribution in [0.25, 0.3) is 6.08 Å². The molecule has 3 atom stereocenters. The van der Waals surface area contributed by atoms with Gasteiger partial charge in [0.25, 0.3) is 0 Å². The number of ketones is 3. The summed E-state index contributed by atoms with van der Waals surface area (Å²) in [5.41, 5.74) is 1.62. The van der Waals surface area contributed by atoms with Gasteiger partial charge in [-0.3, -0.25) is 14.4 Å². The predicted molar refractivity (Wildman–Crippen MR) is 161 cm³/mol. The minimum absolute atomic E-state index is 0.285. The van der Waals surface area contributed by atoms with Gasteiger partial charge in [-0.1, -0.05) is 84.4 Å². The number of carbonyl (C=O) groups is 3. The van der Waals surface area contributed by atoms with Crippen LogP contribution in [0.2, 0.25) is 5.02 Å².